The Balaban J connectivity index is 1.19. The third-order valence-corrected chi connectivity index (χ3v) is 7.38. The van der Waals surface area contributed by atoms with Crippen molar-refractivity contribution in [2.24, 2.45) is 0 Å². The summed E-state index contributed by atoms with van der Waals surface area (Å²) in [7, 11) is 0. The molecule has 1 fully saturated rings. The minimum Gasteiger partial charge on any atom is -0.352 e. The van der Waals surface area contributed by atoms with Crippen molar-refractivity contribution in [3.05, 3.63) is 83.7 Å². The van der Waals surface area contributed by atoms with Crippen LogP contribution in [0.2, 0.25) is 0 Å². The second kappa shape index (κ2) is 9.37. The number of imidazole rings is 1. The molecule has 2 aromatic heterocycles. The van der Waals surface area contributed by atoms with E-state index in [1.54, 1.807) is 6.20 Å². The Bertz CT molecular complexity index is 1480. The first-order valence-corrected chi connectivity index (χ1v) is 12.8. The van der Waals surface area contributed by atoms with E-state index in [0.29, 0.717) is 18.2 Å². The van der Waals surface area contributed by atoms with Gasteiger partial charge in [0.2, 0.25) is 0 Å². The van der Waals surface area contributed by atoms with Crippen LogP contribution in [0.25, 0.3) is 16.9 Å². The van der Waals surface area contributed by atoms with E-state index in [1.165, 1.54) is 0 Å². The summed E-state index contributed by atoms with van der Waals surface area (Å²) >= 11 is 0. The van der Waals surface area contributed by atoms with Crippen LogP contribution in [0, 0.1) is 0 Å². The molecule has 0 spiro atoms. The molecule has 0 atom stereocenters. The van der Waals surface area contributed by atoms with Gasteiger partial charge in [0.05, 0.1) is 11.4 Å². The summed E-state index contributed by atoms with van der Waals surface area (Å²) in [6.45, 7) is 8.31. The van der Waals surface area contributed by atoms with Gasteiger partial charge in [0.15, 0.2) is 5.65 Å². The van der Waals surface area contributed by atoms with E-state index in [1.807, 2.05) is 58.0 Å². The Kier molecular flexibility index (Phi) is 5.88. The molecular weight excluding hydrogens is 464 g/mol. The first-order valence-electron chi connectivity index (χ1n) is 12.8. The number of piperazine rings is 1. The molecule has 0 bridgehead atoms. The normalized spacial score (nSPS) is 15.8. The van der Waals surface area contributed by atoms with Gasteiger partial charge in [-0.05, 0) is 73.5 Å². The highest BCUT2D eigenvalue weighted by Gasteiger charge is 2.23. The second-order valence-corrected chi connectivity index (χ2v) is 9.93. The summed E-state index contributed by atoms with van der Waals surface area (Å²) in [5.41, 5.74) is 7.04. The summed E-state index contributed by atoms with van der Waals surface area (Å²) in [6.07, 6.45) is 3.72. The minimum absolute atomic E-state index is 0.0182. The van der Waals surface area contributed by atoms with Crippen molar-refractivity contribution in [3.8, 4) is 11.3 Å². The molecule has 37 heavy (non-hydrogen) atoms. The van der Waals surface area contributed by atoms with Gasteiger partial charge < -0.3 is 15.5 Å². The lowest BCUT2D eigenvalue weighted by Gasteiger charge is -2.37. The maximum absolute atomic E-state index is 13.0. The average molecular weight is 495 g/mol. The van der Waals surface area contributed by atoms with Crippen molar-refractivity contribution >= 4 is 28.8 Å². The van der Waals surface area contributed by atoms with Gasteiger partial charge in [-0.25, -0.2) is 4.98 Å². The van der Waals surface area contributed by atoms with Crippen molar-refractivity contribution in [3.63, 3.8) is 0 Å². The van der Waals surface area contributed by atoms with Crippen molar-refractivity contribution in [2.75, 3.05) is 31.5 Å². The number of rotatable bonds is 5. The standard InChI is InChI=1S/C29H30N6O2/c1-19(2)33-13-15-34(16-14-33)29(37)20-3-6-23(7-4-20)32-25-9-10-26(35-12-11-30-27(25)35)21-5-8-24-22(17-21)18-31-28(24)36/h3-12,17,19,32H,13-16,18H2,1-2H3,(H,31,36). The summed E-state index contributed by atoms with van der Waals surface area (Å²) in [6, 6.07) is 18.2. The molecule has 2 aromatic carbocycles. The van der Waals surface area contributed by atoms with E-state index in [0.717, 1.165) is 65.6 Å². The van der Waals surface area contributed by atoms with E-state index in [4.69, 9.17) is 0 Å². The van der Waals surface area contributed by atoms with Crippen LogP contribution < -0.4 is 10.6 Å². The Labute approximate surface area is 215 Å². The predicted molar refractivity (Wildman–Crippen MR) is 144 cm³/mol. The topological polar surface area (TPSA) is 82.0 Å². The molecule has 0 unspecified atom stereocenters. The average Bonchev–Trinajstić information content (AvgIpc) is 3.56. The van der Waals surface area contributed by atoms with Gasteiger partial charge in [-0.1, -0.05) is 6.07 Å². The highest BCUT2D eigenvalue weighted by atomic mass is 16.2. The Morgan fingerprint density at radius 2 is 1.78 bits per heavy atom. The molecule has 2 aliphatic heterocycles. The molecular formula is C29H30N6O2. The molecule has 0 aliphatic carbocycles. The molecule has 2 N–H and O–H groups in total. The molecule has 8 nitrogen and oxygen atoms in total. The highest BCUT2D eigenvalue weighted by molar-refractivity contribution is 5.99. The number of nitrogens with zero attached hydrogens (tertiary/aromatic N) is 4. The number of fused-ring (bicyclic) bond motifs is 2. The smallest absolute Gasteiger partial charge is 0.253 e. The van der Waals surface area contributed by atoms with Crippen LogP contribution >= 0.6 is 0 Å². The Morgan fingerprint density at radius 3 is 2.54 bits per heavy atom. The molecule has 2 amide bonds. The zero-order valence-corrected chi connectivity index (χ0v) is 21.1. The van der Waals surface area contributed by atoms with Crippen LogP contribution in [-0.2, 0) is 6.54 Å². The van der Waals surface area contributed by atoms with Gasteiger partial charge in [0.25, 0.3) is 11.8 Å². The molecule has 4 heterocycles. The fourth-order valence-corrected chi connectivity index (χ4v) is 5.21. The first-order chi connectivity index (χ1) is 18.0. The van der Waals surface area contributed by atoms with E-state index in [9.17, 15) is 9.59 Å². The SMILES string of the molecule is CC(C)N1CCN(C(=O)c2ccc(Nc3ccc(-c4ccc5c(c4)CNC5=O)n4ccnc34)cc2)CC1. The van der Waals surface area contributed by atoms with Crippen molar-refractivity contribution in [2.45, 2.75) is 26.4 Å². The quantitative estimate of drug-likeness (QED) is 0.436. The third-order valence-electron chi connectivity index (χ3n) is 7.38. The van der Waals surface area contributed by atoms with E-state index in [2.05, 4.69) is 46.5 Å². The zero-order chi connectivity index (χ0) is 25.5. The first kappa shape index (κ1) is 23.2. The van der Waals surface area contributed by atoms with Gasteiger partial charge >= 0.3 is 0 Å². The maximum Gasteiger partial charge on any atom is 0.253 e. The zero-order valence-electron chi connectivity index (χ0n) is 21.1. The van der Waals surface area contributed by atoms with Gasteiger partial charge in [-0.3, -0.25) is 18.9 Å². The van der Waals surface area contributed by atoms with Crippen molar-refractivity contribution in [1.29, 1.82) is 0 Å². The van der Waals surface area contributed by atoms with E-state index in [-0.39, 0.29) is 11.8 Å². The number of amides is 2. The molecule has 0 radical (unpaired) electrons. The monoisotopic (exact) mass is 494 g/mol. The van der Waals surface area contributed by atoms with Crippen LogP contribution in [0.5, 0.6) is 0 Å². The number of aromatic nitrogens is 2. The molecule has 4 aromatic rings. The number of nitrogens with one attached hydrogen (secondary N) is 2. The second-order valence-electron chi connectivity index (χ2n) is 9.93. The molecule has 188 valence electrons. The molecule has 1 saturated heterocycles. The lowest BCUT2D eigenvalue weighted by molar-refractivity contribution is 0.0595. The van der Waals surface area contributed by atoms with Crippen LogP contribution in [-0.4, -0.2) is 63.2 Å². The maximum atomic E-state index is 13.0. The van der Waals surface area contributed by atoms with Gasteiger partial charge in [-0.15, -0.1) is 0 Å². The van der Waals surface area contributed by atoms with Crippen LogP contribution in [0.1, 0.15) is 40.1 Å². The largest absolute Gasteiger partial charge is 0.352 e. The van der Waals surface area contributed by atoms with Gasteiger partial charge in [0, 0.05) is 68.0 Å². The van der Waals surface area contributed by atoms with Gasteiger partial charge in [0.1, 0.15) is 0 Å². The van der Waals surface area contributed by atoms with Crippen LogP contribution in [0.4, 0.5) is 11.4 Å². The number of anilines is 2. The summed E-state index contributed by atoms with van der Waals surface area (Å²) < 4.78 is 2.04. The highest BCUT2D eigenvalue weighted by Crippen LogP contribution is 2.30. The minimum atomic E-state index is -0.0182. The Morgan fingerprint density at radius 1 is 1.00 bits per heavy atom. The van der Waals surface area contributed by atoms with Crippen molar-refractivity contribution < 1.29 is 9.59 Å². The van der Waals surface area contributed by atoms with Crippen LogP contribution in [0.15, 0.2) is 67.0 Å². The number of benzene rings is 2. The lowest BCUT2D eigenvalue weighted by atomic mass is 10.0. The third kappa shape index (κ3) is 4.34. The Hall–Kier alpha value is -4.17. The predicted octanol–water partition coefficient (Wildman–Crippen LogP) is 4.15. The van der Waals surface area contributed by atoms with Crippen molar-refractivity contribution in [1.82, 2.24) is 24.5 Å². The number of pyridine rings is 1. The molecule has 2 aliphatic rings. The fourth-order valence-electron chi connectivity index (χ4n) is 5.21. The van der Waals surface area contributed by atoms with Gasteiger partial charge in [-0.2, -0.15) is 0 Å². The molecule has 6 rings (SSSR count). The van der Waals surface area contributed by atoms with E-state index >= 15 is 0 Å². The molecule has 0 saturated carbocycles. The summed E-state index contributed by atoms with van der Waals surface area (Å²) in [4.78, 5) is 33.8. The number of hydrogen-bond donors (Lipinski definition) is 2. The number of carbonyl (C=O) groups is 2. The number of hydrogen-bond acceptors (Lipinski definition) is 5. The summed E-state index contributed by atoms with van der Waals surface area (Å²) in [5, 5.41) is 6.33. The fraction of sp³-hybridized carbons (Fsp3) is 0.276. The summed E-state index contributed by atoms with van der Waals surface area (Å²) in [5.74, 6) is 0.0662. The van der Waals surface area contributed by atoms with Crippen LogP contribution in [0.3, 0.4) is 0 Å². The molecule has 8 heteroatoms. The number of carbonyl (C=O) groups excluding carboxylic acids is 2. The lowest BCUT2D eigenvalue weighted by Crippen LogP contribution is -2.50. The van der Waals surface area contributed by atoms with E-state index < -0.39 is 0 Å².